The summed E-state index contributed by atoms with van der Waals surface area (Å²) in [4.78, 5) is 13.5. The maximum Gasteiger partial charge on any atom is 0.134 e. The second kappa shape index (κ2) is 6.70. The first kappa shape index (κ1) is 14.1. The fourth-order valence-corrected chi connectivity index (χ4v) is 2.57. The van der Waals surface area contributed by atoms with Crippen LogP contribution in [0.1, 0.15) is 26.7 Å². The lowest BCUT2D eigenvalue weighted by atomic mass is 10.2. The summed E-state index contributed by atoms with van der Waals surface area (Å²) in [5.41, 5.74) is 0. The van der Waals surface area contributed by atoms with Crippen LogP contribution < -0.4 is 10.2 Å². The molecule has 1 atom stereocenters. The van der Waals surface area contributed by atoms with E-state index >= 15 is 0 Å². The topological polar surface area (TPSA) is 44.3 Å². The third kappa shape index (κ3) is 3.80. The second-order valence-corrected chi connectivity index (χ2v) is 5.35. The largest absolute Gasteiger partial charge is 0.370 e. The molecule has 1 unspecified atom stereocenters. The van der Waals surface area contributed by atoms with Crippen LogP contribution in [0.4, 0.5) is 11.6 Å². The highest BCUT2D eigenvalue weighted by Gasteiger charge is 2.20. The zero-order valence-corrected chi connectivity index (χ0v) is 12.3. The van der Waals surface area contributed by atoms with E-state index in [9.17, 15) is 0 Å². The molecule has 1 aliphatic heterocycles. The van der Waals surface area contributed by atoms with E-state index in [-0.39, 0.29) is 0 Å². The highest BCUT2D eigenvalue weighted by Crippen LogP contribution is 2.19. The summed E-state index contributed by atoms with van der Waals surface area (Å²) in [5.74, 6) is 1.97. The lowest BCUT2D eigenvalue weighted by Crippen LogP contribution is -2.38. The summed E-state index contributed by atoms with van der Waals surface area (Å²) in [6, 6.07) is 2.55. The van der Waals surface area contributed by atoms with Gasteiger partial charge in [0.1, 0.15) is 18.0 Å². The molecule has 19 heavy (non-hydrogen) atoms. The number of aromatic nitrogens is 2. The van der Waals surface area contributed by atoms with Gasteiger partial charge in [0.2, 0.25) is 0 Å². The molecule has 5 nitrogen and oxygen atoms in total. The van der Waals surface area contributed by atoms with Gasteiger partial charge in [-0.25, -0.2) is 9.97 Å². The van der Waals surface area contributed by atoms with Gasteiger partial charge in [-0.15, -0.1) is 0 Å². The summed E-state index contributed by atoms with van der Waals surface area (Å²) in [5, 5.41) is 3.32. The Hall–Kier alpha value is -1.36. The number of hydrogen-bond donors (Lipinski definition) is 1. The Balaban J connectivity index is 2.11. The summed E-state index contributed by atoms with van der Waals surface area (Å²) >= 11 is 0. The van der Waals surface area contributed by atoms with Gasteiger partial charge in [-0.3, -0.25) is 0 Å². The van der Waals surface area contributed by atoms with Crippen LogP contribution in [0.15, 0.2) is 12.4 Å². The molecule has 0 aliphatic carbocycles. The molecule has 1 aromatic rings. The second-order valence-electron chi connectivity index (χ2n) is 5.35. The van der Waals surface area contributed by atoms with Crippen molar-refractivity contribution >= 4 is 11.6 Å². The van der Waals surface area contributed by atoms with Gasteiger partial charge < -0.3 is 15.1 Å². The molecule has 0 spiro atoms. The normalized spacial score (nSPS) is 21.2. The van der Waals surface area contributed by atoms with Gasteiger partial charge >= 0.3 is 0 Å². The zero-order chi connectivity index (χ0) is 13.7. The SMILES string of the molecule is CCCNc1cc(N2CCCN(C)CC2C)ncn1. The number of rotatable bonds is 4. The Morgan fingerprint density at radius 2 is 2.21 bits per heavy atom. The Morgan fingerprint density at radius 1 is 1.37 bits per heavy atom. The average molecular weight is 263 g/mol. The number of likely N-dealkylation sites (N-methyl/N-ethyl adjacent to an activating group) is 1. The van der Waals surface area contributed by atoms with Crippen LogP contribution in [-0.2, 0) is 0 Å². The van der Waals surface area contributed by atoms with Gasteiger partial charge in [-0.2, -0.15) is 0 Å². The van der Waals surface area contributed by atoms with Crippen molar-refractivity contribution in [3.8, 4) is 0 Å². The first-order valence-corrected chi connectivity index (χ1v) is 7.21. The molecule has 1 aromatic heterocycles. The molecule has 1 N–H and O–H groups in total. The van der Waals surface area contributed by atoms with Crippen molar-refractivity contribution in [1.82, 2.24) is 14.9 Å². The molecule has 0 aromatic carbocycles. The number of nitrogens with zero attached hydrogens (tertiary/aromatic N) is 4. The summed E-state index contributed by atoms with van der Waals surface area (Å²) in [6.07, 6.45) is 3.95. The fourth-order valence-electron chi connectivity index (χ4n) is 2.57. The van der Waals surface area contributed by atoms with E-state index in [1.165, 1.54) is 6.42 Å². The highest BCUT2D eigenvalue weighted by molar-refractivity contribution is 5.49. The van der Waals surface area contributed by atoms with E-state index in [1.807, 2.05) is 0 Å². The van der Waals surface area contributed by atoms with Gasteiger partial charge in [0.15, 0.2) is 0 Å². The lowest BCUT2D eigenvalue weighted by molar-refractivity contribution is 0.337. The Labute approximate surface area is 116 Å². The van der Waals surface area contributed by atoms with Crippen LogP contribution in [0.3, 0.4) is 0 Å². The standard InChI is InChI=1S/C14H25N5/c1-4-6-15-13-9-14(17-11-16-13)19-8-5-7-18(3)10-12(19)2/h9,11-12H,4-8,10H2,1-3H3,(H,15,16,17). The van der Waals surface area contributed by atoms with Crippen molar-refractivity contribution in [2.24, 2.45) is 0 Å². The van der Waals surface area contributed by atoms with Crippen LogP contribution in [0, 0.1) is 0 Å². The monoisotopic (exact) mass is 263 g/mol. The maximum atomic E-state index is 4.44. The predicted octanol–water partition coefficient (Wildman–Crippen LogP) is 1.83. The van der Waals surface area contributed by atoms with E-state index < -0.39 is 0 Å². The first-order chi connectivity index (χ1) is 9.20. The van der Waals surface area contributed by atoms with Crippen LogP contribution in [0.5, 0.6) is 0 Å². The molecule has 0 amide bonds. The van der Waals surface area contributed by atoms with Crippen molar-refractivity contribution in [2.75, 3.05) is 43.4 Å². The molecule has 2 rings (SSSR count). The highest BCUT2D eigenvalue weighted by atomic mass is 15.3. The molecule has 1 fully saturated rings. The van der Waals surface area contributed by atoms with E-state index in [0.29, 0.717) is 6.04 Å². The predicted molar refractivity (Wildman–Crippen MR) is 79.7 cm³/mol. The number of nitrogens with one attached hydrogen (secondary N) is 1. The summed E-state index contributed by atoms with van der Waals surface area (Å²) < 4.78 is 0. The third-order valence-electron chi connectivity index (χ3n) is 3.55. The minimum Gasteiger partial charge on any atom is -0.370 e. The van der Waals surface area contributed by atoms with Crippen molar-refractivity contribution in [3.05, 3.63) is 12.4 Å². The Morgan fingerprint density at radius 3 is 3.00 bits per heavy atom. The first-order valence-electron chi connectivity index (χ1n) is 7.21. The zero-order valence-electron chi connectivity index (χ0n) is 12.3. The molecule has 1 saturated heterocycles. The third-order valence-corrected chi connectivity index (χ3v) is 3.55. The molecule has 0 saturated carbocycles. The van der Waals surface area contributed by atoms with Crippen molar-refractivity contribution in [3.63, 3.8) is 0 Å². The Bertz CT molecular complexity index is 395. The smallest absolute Gasteiger partial charge is 0.134 e. The van der Waals surface area contributed by atoms with Gasteiger partial charge in [0.05, 0.1) is 0 Å². The average Bonchev–Trinajstić information content (AvgIpc) is 2.57. The summed E-state index contributed by atoms with van der Waals surface area (Å²) in [6.45, 7) is 8.68. The molecule has 5 heteroatoms. The molecule has 0 radical (unpaired) electrons. The van der Waals surface area contributed by atoms with Crippen LogP contribution >= 0.6 is 0 Å². The molecular formula is C14H25N5. The van der Waals surface area contributed by atoms with Crippen LogP contribution in [0.2, 0.25) is 0 Å². The van der Waals surface area contributed by atoms with E-state index in [2.05, 4.69) is 52.0 Å². The van der Waals surface area contributed by atoms with Gasteiger partial charge in [-0.1, -0.05) is 6.92 Å². The van der Waals surface area contributed by atoms with E-state index in [0.717, 1.165) is 44.2 Å². The minimum absolute atomic E-state index is 0.487. The van der Waals surface area contributed by atoms with Crippen LogP contribution in [-0.4, -0.2) is 54.1 Å². The van der Waals surface area contributed by atoms with Gasteiger partial charge in [0.25, 0.3) is 0 Å². The molecule has 106 valence electrons. The van der Waals surface area contributed by atoms with Crippen molar-refractivity contribution < 1.29 is 0 Å². The Kier molecular flexibility index (Phi) is 4.96. The number of hydrogen-bond acceptors (Lipinski definition) is 5. The fraction of sp³-hybridized carbons (Fsp3) is 0.714. The number of anilines is 2. The van der Waals surface area contributed by atoms with Crippen LogP contribution in [0.25, 0.3) is 0 Å². The molecule has 0 bridgehead atoms. The minimum atomic E-state index is 0.487. The molecule has 2 heterocycles. The molecule has 1 aliphatic rings. The lowest BCUT2D eigenvalue weighted by Gasteiger charge is -2.29. The van der Waals surface area contributed by atoms with Crippen molar-refractivity contribution in [1.29, 1.82) is 0 Å². The maximum absolute atomic E-state index is 4.44. The van der Waals surface area contributed by atoms with Gasteiger partial charge in [-0.05, 0) is 33.4 Å². The summed E-state index contributed by atoms with van der Waals surface area (Å²) in [7, 11) is 2.19. The quantitative estimate of drug-likeness (QED) is 0.898. The van der Waals surface area contributed by atoms with E-state index in [1.54, 1.807) is 6.33 Å². The van der Waals surface area contributed by atoms with E-state index in [4.69, 9.17) is 0 Å². The van der Waals surface area contributed by atoms with Crippen molar-refractivity contribution in [2.45, 2.75) is 32.7 Å². The molecular weight excluding hydrogens is 238 g/mol. The van der Waals surface area contributed by atoms with Gasteiger partial charge in [0, 0.05) is 31.7 Å².